The predicted octanol–water partition coefficient (Wildman–Crippen LogP) is 5.50. The van der Waals surface area contributed by atoms with E-state index >= 15 is 0 Å². The SMILES string of the molecule is O=C(N/N=C\c1ccc(O[C@H](NC(=O)c2cccc3ccccc23)C(Cl)(Cl)Cl)cc1)c1ccncc1. The Morgan fingerprint density at radius 2 is 1.58 bits per heavy atom. The topological polar surface area (TPSA) is 92.7 Å². The highest BCUT2D eigenvalue weighted by molar-refractivity contribution is 6.68. The van der Waals surface area contributed by atoms with Gasteiger partial charge < -0.3 is 10.1 Å². The van der Waals surface area contributed by atoms with Crippen molar-refractivity contribution >= 4 is 63.6 Å². The minimum atomic E-state index is -1.95. The van der Waals surface area contributed by atoms with Crippen LogP contribution in [0.5, 0.6) is 5.75 Å². The van der Waals surface area contributed by atoms with Gasteiger partial charge in [-0.2, -0.15) is 5.10 Å². The summed E-state index contributed by atoms with van der Waals surface area (Å²) in [7, 11) is 0. The normalized spacial score (nSPS) is 12.3. The number of pyridine rings is 1. The number of rotatable bonds is 7. The van der Waals surface area contributed by atoms with Crippen molar-refractivity contribution in [3.05, 3.63) is 108 Å². The molecule has 0 fully saturated rings. The Bertz CT molecular complexity index is 1390. The van der Waals surface area contributed by atoms with E-state index in [4.69, 9.17) is 39.5 Å². The molecule has 2 amide bonds. The number of nitrogens with zero attached hydrogens (tertiary/aromatic N) is 2. The van der Waals surface area contributed by atoms with Gasteiger partial charge in [0.25, 0.3) is 11.8 Å². The van der Waals surface area contributed by atoms with E-state index in [-0.39, 0.29) is 5.91 Å². The third kappa shape index (κ3) is 6.51. The zero-order valence-corrected chi connectivity index (χ0v) is 20.8. The number of alkyl halides is 3. The van der Waals surface area contributed by atoms with Crippen molar-refractivity contribution in [1.82, 2.24) is 15.7 Å². The number of hydrazone groups is 1. The summed E-state index contributed by atoms with van der Waals surface area (Å²) < 4.78 is 3.84. The Balaban J connectivity index is 1.42. The molecule has 182 valence electrons. The van der Waals surface area contributed by atoms with Gasteiger partial charge in [0.15, 0.2) is 0 Å². The fourth-order valence-corrected chi connectivity index (χ4v) is 3.60. The zero-order valence-electron chi connectivity index (χ0n) is 18.6. The number of fused-ring (bicyclic) bond motifs is 1. The lowest BCUT2D eigenvalue weighted by Crippen LogP contribution is -2.47. The maximum absolute atomic E-state index is 13.0. The lowest BCUT2D eigenvalue weighted by atomic mass is 10.0. The maximum atomic E-state index is 13.0. The van der Waals surface area contributed by atoms with Gasteiger partial charge in [0, 0.05) is 23.5 Å². The Labute approximate surface area is 222 Å². The van der Waals surface area contributed by atoms with Crippen molar-refractivity contribution < 1.29 is 14.3 Å². The quantitative estimate of drug-likeness (QED) is 0.140. The van der Waals surface area contributed by atoms with Gasteiger partial charge in [-0.15, -0.1) is 0 Å². The molecule has 2 N–H and O–H groups in total. The molecule has 4 rings (SSSR count). The molecule has 0 radical (unpaired) electrons. The van der Waals surface area contributed by atoms with Crippen molar-refractivity contribution in [2.24, 2.45) is 5.10 Å². The number of carbonyl (C=O) groups excluding carboxylic acids is 2. The number of nitrogens with one attached hydrogen (secondary N) is 2. The first-order valence-electron chi connectivity index (χ1n) is 10.7. The summed E-state index contributed by atoms with van der Waals surface area (Å²) in [4.78, 5) is 28.9. The summed E-state index contributed by atoms with van der Waals surface area (Å²) in [5.41, 5.74) is 3.98. The number of ether oxygens (including phenoxy) is 1. The molecule has 1 heterocycles. The first-order valence-corrected chi connectivity index (χ1v) is 11.8. The molecule has 0 saturated heterocycles. The second kappa shape index (κ2) is 11.4. The maximum Gasteiger partial charge on any atom is 0.271 e. The Morgan fingerprint density at radius 3 is 2.31 bits per heavy atom. The number of benzene rings is 3. The molecule has 0 aliphatic heterocycles. The monoisotopic (exact) mass is 540 g/mol. The third-order valence-electron chi connectivity index (χ3n) is 5.05. The average Bonchev–Trinajstić information content (AvgIpc) is 2.88. The molecule has 0 unspecified atom stereocenters. The second-order valence-corrected chi connectivity index (χ2v) is 9.91. The molecule has 0 aliphatic rings. The smallest absolute Gasteiger partial charge is 0.271 e. The molecule has 10 heteroatoms. The van der Waals surface area contributed by atoms with E-state index in [1.165, 1.54) is 18.6 Å². The van der Waals surface area contributed by atoms with Crippen LogP contribution in [0.1, 0.15) is 26.3 Å². The van der Waals surface area contributed by atoms with Crippen LogP contribution in [0.15, 0.2) is 96.4 Å². The van der Waals surface area contributed by atoms with Gasteiger partial charge in [-0.25, -0.2) is 5.43 Å². The molecular formula is C26H19Cl3N4O3. The summed E-state index contributed by atoms with van der Waals surface area (Å²) in [6.07, 6.45) is 3.24. The van der Waals surface area contributed by atoms with Gasteiger partial charge in [-0.1, -0.05) is 71.2 Å². The van der Waals surface area contributed by atoms with Crippen LogP contribution in [0.3, 0.4) is 0 Å². The Morgan fingerprint density at radius 1 is 0.889 bits per heavy atom. The van der Waals surface area contributed by atoms with Gasteiger partial charge in [0.1, 0.15) is 5.75 Å². The van der Waals surface area contributed by atoms with Crippen LogP contribution in [-0.4, -0.2) is 33.0 Å². The average molecular weight is 542 g/mol. The fourth-order valence-electron chi connectivity index (χ4n) is 3.30. The lowest BCUT2D eigenvalue weighted by molar-refractivity contribution is 0.0834. The molecule has 0 spiro atoms. The Kier molecular flexibility index (Phi) is 8.05. The van der Waals surface area contributed by atoms with Crippen molar-refractivity contribution in [1.29, 1.82) is 0 Å². The van der Waals surface area contributed by atoms with E-state index < -0.39 is 15.9 Å². The van der Waals surface area contributed by atoms with Crippen molar-refractivity contribution in [2.45, 2.75) is 10.0 Å². The summed E-state index contributed by atoms with van der Waals surface area (Å²) in [5, 5.41) is 8.27. The molecule has 1 atom stereocenters. The highest BCUT2D eigenvalue weighted by Crippen LogP contribution is 2.32. The second-order valence-electron chi connectivity index (χ2n) is 7.54. The molecule has 7 nitrogen and oxygen atoms in total. The summed E-state index contributed by atoms with van der Waals surface area (Å²) in [6, 6.07) is 22.7. The summed E-state index contributed by atoms with van der Waals surface area (Å²) in [5.74, 6) is -0.458. The largest absolute Gasteiger partial charge is 0.466 e. The standard InChI is InChI=1S/C26H19Cl3N4O3/c27-26(28,29)25(32-24(35)22-7-3-5-18-4-1-2-6-21(18)22)36-20-10-8-17(9-11-20)16-31-33-23(34)19-12-14-30-15-13-19/h1-16,25H,(H,32,35)(H,33,34)/b31-16-/t25-/m0/s1. The van der Waals surface area contributed by atoms with E-state index in [9.17, 15) is 9.59 Å². The highest BCUT2D eigenvalue weighted by atomic mass is 35.6. The molecule has 0 aliphatic carbocycles. The van der Waals surface area contributed by atoms with Crippen LogP contribution < -0.4 is 15.5 Å². The van der Waals surface area contributed by atoms with Gasteiger partial charge in [-0.05, 0) is 58.8 Å². The van der Waals surface area contributed by atoms with Crippen molar-refractivity contribution in [3.63, 3.8) is 0 Å². The van der Waals surface area contributed by atoms with E-state index in [0.717, 1.165) is 10.8 Å². The molecule has 4 aromatic rings. The number of carbonyl (C=O) groups is 2. The molecule has 36 heavy (non-hydrogen) atoms. The first-order chi connectivity index (χ1) is 17.3. The number of hydrogen-bond donors (Lipinski definition) is 2. The number of aromatic nitrogens is 1. The zero-order chi connectivity index (χ0) is 25.5. The molecular weight excluding hydrogens is 523 g/mol. The first kappa shape index (κ1) is 25.4. The fraction of sp³-hybridized carbons (Fsp3) is 0.0769. The minimum Gasteiger partial charge on any atom is -0.466 e. The van der Waals surface area contributed by atoms with Crippen molar-refractivity contribution in [2.75, 3.05) is 0 Å². The third-order valence-corrected chi connectivity index (χ3v) is 5.64. The Hall–Kier alpha value is -3.65. The van der Waals surface area contributed by atoms with Crippen LogP contribution in [0, 0.1) is 0 Å². The van der Waals surface area contributed by atoms with Gasteiger partial charge in [-0.3, -0.25) is 14.6 Å². The highest BCUT2D eigenvalue weighted by Gasteiger charge is 2.36. The molecule has 3 aromatic carbocycles. The van der Waals surface area contributed by atoms with Gasteiger partial charge in [0.2, 0.25) is 10.0 Å². The molecule has 0 saturated carbocycles. The summed E-state index contributed by atoms with van der Waals surface area (Å²) >= 11 is 18.3. The van der Waals surface area contributed by atoms with E-state index in [1.807, 2.05) is 30.3 Å². The van der Waals surface area contributed by atoms with E-state index in [0.29, 0.717) is 22.4 Å². The van der Waals surface area contributed by atoms with Gasteiger partial charge >= 0.3 is 0 Å². The number of halogens is 3. The molecule has 1 aromatic heterocycles. The molecule has 0 bridgehead atoms. The number of amides is 2. The van der Waals surface area contributed by atoms with Crippen LogP contribution in [0.2, 0.25) is 0 Å². The summed E-state index contributed by atoms with van der Waals surface area (Å²) in [6.45, 7) is 0. The predicted molar refractivity (Wildman–Crippen MR) is 142 cm³/mol. The van der Waals surface area contributed by atoms with E-state index in [2.05, 4.69) is 20.8 Å². The lowest BCUT2D eigenvalue weighted by Gasteiger charge is -2.26. The van der Waals surface area contributed by atoms with Gasteiger partial charge in [0.05, 0.1) is 6.21 Å². The van der Waals surface area contributed by atoms with Crippen molar-refractivity contribution in [3.8, 4) is 5.75 Å². The van der Waals surface area contributed by atoms with Crippen LogP contribution in [0.4, 0.5) is 0 Å². The minimum absolute atomic E-state index is 0.350. The van der Waals surface area contributed by atoms with Crippen LogP contribution in [-0.2, 0) is 0 Å². The van der Waals surface area contributed by atoms with E-state index in [1.54, 1.807) is 48.5 Å². The van der Waals surface area contributed by atoms with Crippen LogP contribution in [0.25, 0.3) is 10.8 Å². The van der Waals surface area contributed by atoms with Crippen LogP contribution >= 0.6 is 34.8 Å². The number of hydrogen-bond acceptors (Lipinski definition) is 5.